The van der Waals surface area contributed by atoms with Crippen molar-refractivity contribution in [3.05, 3.63) is 30.3 Å². The van der Waals surface area contributed by atoms with E-state index < -0.39 is 0 Å². The maximum atomic E-state index is 9.49. The van der Waals surface area contributed by atoms with Crippen molar-refractivity contribution in [3.63, 3.8) is 0 Å². The molecule has 3 heteroatoms. The Labute approximate surface area is 91.0 Å². The van der Waals surface area contributed by atoms with Crippen molar-refractivity contribution in [2.24, 2.45) is 0 Å². The Balaban J connectivity index is 2.11. The second kappa shape index (κ2) is 7.26. The first-order valence-electron chi connectivity index (χ1n) is 5.44. The first-order chi connectivity index (χ1) is 7.33. The summed E-state index contributed by atoms with van der Waals surface area (Å²) in [5, 5.41) is 9.49. The largest absolute Gasteiger partial charge is 0.391 e. The highest BCUT2D eigenvalue weighted by Crippen LogP contribution is 2.06. The minimum atomic E-state index is -0.374. The van der Waals surface area contributed by atoms with Crippen LogP contribution in [-0.2, 0) is 4.84 Å². The number of para-hydroxylation sites is 1. The lowest BCUT2D eigenvalue weighted by atomic mass is 10.2. The average Bonchev–Trinajstić information content (AvgIpc) is 2.28. The predicted octanol–water partition coefficient (Wildman–Crippen LogP) is 2.58. The molecule has 2 N–H and O–H groups in total. The van der Waals surface area contributed by atoms with Crippen LogP contribution in [0, 0.1) is 0 Å². The van der Waals surface area contributed by atoms with E-state index in [1.165, 1.54) is 0 Å². The van der Waals surface area contributed by atoms with Gasteiger partial charge in [0.2, 0.25) is 0 Å². The summed E-state index contributed by atoms with van der Waals surface area (Å²) < 4.78 is 0. The SMILES string of the molecule is CCCC[C@H](O)CONc1ccccc1. The fraction of sp³-hybridized carbons (Fsp3) is 0.500. The normalized spacial score (nSPS) is 12.4. The van der Waals surface area contributed by atoms with Gasteiger partial charge in [0.15, 0.2) is 0 Å². The van der Waals surface area contributed by atoms with Gasteiger partial charge in [0.05, 0.1) is 11.8 Å². The number of nitrogens with one attached hydrogen (secondary N) is 1. The molecule has 0 heterocycles. The van der Waals surface area contributed by atoms with E-state index in [1.54, 1.807) is 0 Å². The summed E-state index contributed by atoms with van der Waals surface area (Å²) in [6.45, 7) is 2.44. The average molecular weight is 209 g/mol. The number of aliphatic hydroxyl groups is 1. The molecule has 15 heavy (non-hydrogen) atoms. The van der Waals surface area contributed by atoms with Crippen LogP contribution >= 0.6 is 0 Å². The first-order valence-corrected chi connectivity index (χ1v) is 5.44. The van der Waals surface area contributed by atoms with Gasteiger partial charge in [-0.05, 0) is 18.6 Å². The zero-order valence-corrected chi connectivity index (χ0v) is 9.15. The molecule has 0 spiro atoms. The summed E-state index contributed by atoms with van der Waals surface area (Å²) in [5.74, 6) is 0. The summed E-state index contributed by atoms with van der Waals surface area (Å²) in [6.07, 6.45) is 2.56. The lowest BCUT2D eigenvalue weighted by molar-refractivity contribution is 0.0566. The molecule has 0 aromatic heterocycles. The molecule has 0 amide bonds. The van der Waals surface area contributed by atoms with Crippen LogP contribution in [0.5, 0.6) is 0 Å². The summed E-state index contributed by atoms with van der Waals surface area (Å²) in [4.78, 5) is 5.18. The smallest absolute Gasteiger partial charge is 0.100 e. The number of hydrogen-bond acceptors (Lipinski definition) is 3. The lowest BCUT2D eigenvalue weighted by Crippen LogP contribution is -2.17. The highest BCUT2D eigenvalue weighted by atomic mass is 16.6. The molecule has 0 fully saturated rings. The molecule has 0 aliphatic heterocycles. The van der Waals surface area contributed by atoms with Gasteiger partial charge in [-0.25, -0.2) is 0 Å². The number of aliphatic hydroxyl groups excluding tert-OH is 1. The van der Waals surface area contributed by atoms with Gasteiger partial charge in [0, 0.05) is 0 Å². The fourth-order valence-electron chi connectivity index (χ4n) is 1.25. The molecule has 1 atom stereocenters. The third-order valence-corrected chi connectivity index (χ3v) is 2.13. The Morgan fingerprint density at radius 2 is 2.07 bits per heavy atom. The number of anilines is 1. The van der Waals surface area contributed by atoms with Gasteiger partial charge < -0.3 is 5.11 Å². The lowest BCUT2D eigenvalue weighted by Gasteiger charge is -2.11. The third-order valence-electron chi connectivity index (χ3n) is 2.13. The number of benzene rings is 1. The molecule has 0 unspecified atom stereocenters. The van der Waals surface area contributed by atoms with Crippen LogP contribution < -0.4 is 5.48 Å². The molecular weight excluding hydrogens is 190 g/mol. The van der Waals surface area contributed by atoms with Crippen LogP contribution in [0.3, 0.4) is 0 Å². The Morgan fingerprint density at radius 3 is 2.73 bits per heavy atom. The number of hydrogen-bond donors (Lipinski definition) is 2. The van der Waals surface area contributed by atoms with Crippen molar-refractivity contribution < 1.29 is 9.94 Å². The van der Waals surface area contributed by atoms with Crippen LogP contribution in [0.4, 0.5) is 5.69 Å². The van der Waals surface area contributed by atoms with Gasteiger partial charge in [-0.1, -0.05) is 38.0 Å². The monoisotopic (exact) mass is 209 g/mol. The number of rotatable bonds is 7. The Kier molecular flexibility index (Phi) is 5.81. The van der Waals surface area contributed by atoms with Crippen LogP contribution in [0.15, 0.2) is 30.3 Å². The van der Waals surface area contributed by atoms with Crippen molar-refractivity contribution in [2.45, 2.75) is 32.3 Å². The van der Waals surface area contributed by atoms with Crippen LogP contribution in [0.25, 0.3) is 0 Å². The summed E-state index contributed by atoms with van der Waals surface area (Å²) in [5.41, 5.74) is 3.69. The Morgan fingerprint density at radius 1 is 1.33 bits per heavy atom. The van der Waals surface area contributed by atoms with Crippen molar-refractivity contribution in [2.75, 3.05) is 12.1 Å². The molecule has 0 aliphatic rings. The maximum absolute atomic E-state index is 9.49. The Bertz CT molecular complexity index is 251. The molecule has 84 valence electrons. The topological polar surface area (TPSA) is 41.5 Å². The zero-order valence-electron chi connectivity index (χ0n) is 9.15. The van der Waals surface area contributed by atoms with E-state index in [0.29, 0.717) is 6.61 Å². The van der Waals surface area contributed by atoms with E-state index in [2.05, 4.69) is 12.4 Å². The molecule has 0 saturated carbocycles. The molecule has 0 bridgehead atoms. The van der Waals surface area contributed by atoms with E-state index in [1.807, 2.05) is 30.3 Å². The Hall–Kier alpha value is -1.06. The minimum absolute atomic E-state index is 0.328. The van der Waals surface area contributed by atoms with Crippen molar-refractivity contribution in [1.29, 1.82) is 0 Å². The van der Waals surface area contributed by atoms with Gasteiger partial charge >= 0.3 is 0 Å². The molecule has 0 radical (unpaired) electrons. The highest BCUT2D eigenvalue weighted by molar-refractivity contribution is 5.39. The summed E-state index contributed by atoms with van der Waals surface area (Å²) in [6, 6.07) is 9.64. The summed E-state index contributed by atoms with van der Waals surface area (Å²) >= 11 is 0. The van der Waals surface area contributed by atoms with E-state index in [0.717, 1.165) is 24.9 Å². The van der Waals surface area contributed by atoms with Gasteiger partial charge in [-0.2, -0.15) is 0 Å². The van der Waals surface area contributed by atoms with E-state index in [4.69, 9.17) is 4.84 Å². The van der Waals surface area contributed by atoms with Crippen LogP contribution in [0.1, 0.15) is 26.2 Å². The fourth-order valence-corrected chi connectivity index (χ4v) is 1.25. The molecule has 1 rings (SSSR count). The molecule has 0 saturated heterocycles. The maximum Gasteiger partial charge on any atom is 0.100 e. The zero-order chi connectivity index (χ0) is 10.9. The van der Waals surface area contributed by atoms with Gasteiger partial charge in [0.25, 0.3) is 0 Å². The van der Waals surface area contributed by atoms with Gasteiger partial charge in [0.1, 0.15) is 6.61 Å². The quantitative estimate of drug-likeness (QED) is 0.678. The van der Waals surface area contributed by atoms with Crippen molar-refractivity contribution in [1.82, 2.24) is 0 Å². The second-order valence-electron chi connectivity index (χ2n) is 3.58. The molecular formula is C12H19NO2. The standard InChI is InChI=1S/C12H19NO2/c1-2-3-9-12(14)10-15-13-11-7-5-4-6-8-11/h4-8,12-14H,2-3,9-10H2,1H3/t12-/m0/s1. The van der Waals surface area contributed by atoms with E-state index in [9.17, 15) is 5.11 Å². The van der Waals surface area contributed by atoms with Crippen LogP contribution in [-0.4, -0.2) is 17.8 Å². The first kappa shape index (κ1) is 12.0. The molecule has 1 aromatic rings. The van der Waals surface area contributed by atoms with E-state index >= 15 is 0 Å². The van der Waals surface area contributed by atoms with E-state index in [-0.39, 0.29) is 6.10 Å². The minimum Gasteiger partial charge on any atom is -0.391 e. The molecule has 1 aromatic carbocycles. The summed E-state index contributed by atoms with van der Waals surface area (Å²) in [7, 11) is 0. The predicted molar refractivity (Wildman–Crippen MR) is 61.5 cm³/mol. The van der Waals surface area contributed by atoms with Crippen molar-refractivity contribution in [3.8, 4) is 0 Å². The van der Waals surface area contributed by atoms with Gasteiger partial charge in [-0.15, -0.1) is 0 Å². The van der Waals surface area contributed by atoms with Gasteiger partial charge in [-0.3, -0.25) is 10.3 Å². The highest BCUT2D eigenvalue weighted by Gasteiger charge is 2.02. The van der Waals surface area contributed by atoms with Crippen molar-refractivity contribution >= 4 is 5.69 Å². The van der Waals surface area contributed by atoms with Crippen LogP contribution in [0.2, 0.25) is 0 Å². The number of unbranched alkanes of at least 4 members (excludes halogenated alkanes) is 1. The third kappa shape index (κ3) is 5.40. The molecule has 3 nitrogen and oxygen atoms in total. The second-order valence-corrected chi connectivity index (χ2v) is 3.58. The molecule has 0 aliphatic carbocycles.